The number of carbonyl (C=O) groups excluding carboxylic acids is 1. The molecule has 1 atom stereocenters. The van der Waals surface area contributed by atoms with Crippen LogP contribution in [0, 0.1) is 18.3 Å². The molecule has 4 rings (SSSR count). The molecule has 1 aliphatic heterocycles. The molecule has 0 aliphatic carbocycles. The molecule has 1 unspecified atom stereocenters. The van der Waals surface area contributed by atoms with Gasteiger partial charge in [-0.1, -0.05) is 24.3 Å². The average Bonchev–Trinajstić information content (AvgIpc) is 3.26. The second-order valence-electron chi connectivity index (χ2n) is 8.74. The summed E-state index contributed by atoms with van der Waals surface area (Å²) in [4.78, 5) is 18.2. The van der Waals surface area contributed by atoms with Crippen molar-refractivity contribution < 1.29 is 9.53 Å². The van der Waals surface area contributed by atoms with Crippen molar-refractivity contribution in [3.05, 3.63) is 83.4 Å². The maximum absolute atomic E-state index is 11.7. The Morgan fingerprint density at radius 3 is 2.71 bits per heavy atom. The Morgan fingerprint density at radius 2 is 2.03 bits per heavy atom. The van der Waals surface area contributed by atoms with Crippen molar-refractivity contribution in [2.45, 2.75) is 45.0 Å². The van der Waals surface area contributed by atoms with Crippen LogP contribution in [0.1, 0.15) is 35.2 Å². The van der Waals surface area contributed by atoms with E-state index in [4.69, 9.17) is 15.7 Å². The van der Waals surface area contributed by atoms with Crippen LogP contribution in [0.25, 0.3) is 0 Å². The third kappa shape index (κ3) is 6.15. The van der Waals surface area contributed by atoms with Gasteiger partial charge in [0.15, 0.2) is 6.23 Å². The normalized spacial score (nSPS) is 15.4. The van der Waals surface area contributed by atoms with Gasteiger partial charge < -0.3 is 20.4 Å². The average molecular weight is 459 g/mol. The Hall–Kier alpha value is -3.83. The van der Waals surface area contributed by atoms with E-state index in [0.29, 0.717) is 24.6 Å². The Morgan fingerprint density at radius 1 is 1.26 bits per heavy atom. The first kappa shape index (κ1) is 23.3. The van der Waals surface area contributed by atoms with E-state index in [1.165, 1.54) is 5.56 Å². The summed E-state index contributed by atoms with van der Waals surface area (Å²) in [7, 11) is 0. The molecule has 3 N–H and O–H groups in total. The van der Waals surface area contributed by atoms with E-state index in [1.54, 1.807) is 24.7 Å². The second-order valence-corrected chi connectivity index (χ2v) is 8.74. The molecule has 0 radical (unpaired) electrons. The molecule has 2 heterocycles. The zero-order valence-electron chi connectivity index (χ0n) is 19.4. The third-order valence-corrected chi connectivity index (χ3v) is 6.20. The van der Waals surface area contributed by atoms with Gasteiger partial charge >= 0.3 is 6.09 Å². The number of piperidine rings is 1. The molecular weight excluding hydrogens is 428 g/mol. The highest BCUT2D eigenvalue weighted by Gasteiger charge is 2.28. The van der Waals surface area contributed by atoms with Gasteiger partial charge in [-0.2, -0.15) is 5.26 Å². The molecular formula is C26H30N6O2. The number of nitrogens with two attached hydrogens (primary N) is 1. The lowest BCUT2D eigenvalue weighted by molar-refractivity contribution is -0.0208. The van der Waals surface area contributed by atoms with Crippen LogP contribution < -0.4 is 11.1 Å². The van der Waals surface area contributed by atoms with E-state index in [9.17, 15) is 4.79 Å². The summed E-state index contributed by atoms with van der Waals surface area (Å²) in [6.45, 7) is 4.30. The van der Waals surface area contributed by atoms with Gasteiger partial charge in [-0.15, -0.1) is 0 Å². The molecule has 1 saturated heterocycles. The predicted octanol–water partition coefficient (Wildman–Crippen LogP) is 3.65. The van der Waals surface area contributed by atoms with Gasteiger partial charge in [0, 0.05) is 49.7 Å². The van der Waals surface area contributed by atoms with Crippen LogP contribution in [0.3, 0.4) is 0 Å². The third-order valence-electron chi connectivity index (χ3n) is 6.20. The number of ether oxygens (including phenoxy) is 1. The number of nitrogens with one attached hydrogen (secondary N) is 1. The van der Waals surface area contributed by atoms with Crippen LogP contribution in [-0.4, -0.2) is 45.9 Å². The van der Waals surface area contributed by atoms with Crippen LogP contribution in [0.4, 0.5) is 10.5 Å². The highest BCUT2D eigenvalue weighted by molar-refractivity contribution is 5.64. The summed E-state index contributed by atoms with van der Waals surface area (Å²) in [6.07, 6.45) is 4.72. The first-order chi connectivity index (χ1) is 16.5. The molecule has 3 aromatic rings. The molecule has 176 valence electrons. The first-order valence-electron chi connectivity index (χ1n) is 11.5. The van der Waals surface area contributed by atoms with Gasteiger partial charge in [-0.25, -0.2) is 9.78 Å². The number of hydrogen-bond donors (Lipinski definition) is 2. The molecule has 34 heavy (non-hydrogen) atoms. The number of primary amides is 1. The van der Waals surface area contributed by atoms with Crippen molar-refractivity contribution >= 4 is 11.8 Å². The van der Waals surface area contributed by atoms with E-state index in [-0.39, 0.29) is 0 Å². The van der Waals surface area contributed by atoms with E-state index in [1.807, 2.05) is 16.7 Å². The fourth-order valence-corrected chi connectivity index (χ4v) is 4.40. The highest BCUT2D eigenvalue weighted by Crippen LogP contribution is 2.21. The number of aryl methyl sites for hydroxylation is 1. The van der Waals surface area contributed by atoms with Crippen molar-refractivity contribution in [1.29, 1.82) is 5.26 Å². The van der Waals surface area contributed by atoms with E-state index >= 15 is 0 Å². The second kappa shape index (κ2) is 10.9. The summed E-state index contributed by atoms with van der Waals surface area (Å²) in [5, 5.41) is 12.6. The molecule has 0 bridgehead atoms. The fourth-order valence-electron chi connectivity index (χ4n) is 4.40. The van der Waals surface area contributed by atoms with E-state index < -0.39 is 12.3 Å². The Labute approximate surface area is 200 Å². The number of benzene rings is 2. The minimum absolute atomic E-state index is 0.370. The van der Waals surface area contributed by atoms with Crippen LogP contribution in [-0.2, 0) is 17.7 Å². The van der Waals surface area contributed by atoms with Crippen LogP contribution >= 0.6 is 0 Å². The number of imidazole rings is 1. The standard InChI is InChI=1S/C26H30N6O2/c1-19-3-2-4-23(13-19)30-22-9-11-31(12-10-22)25(34-26(28)33)14-24-16-29-18-32(24)17-21-7-5-20(15-27)6-8-21/h2-8,13,16,18,22,25,30H,9-12,14,17H2,1H3,(H2,28,33). The van der Waals surface area contributed by atoms with Crippen LogP contribution in [0.2, 0.25) is 0 Å². The van der Waals surface area contributed by atoms with Crippen molar-refractivity contribution in [3.63, 3.8) is 0 Å². The molecule has 0 spiro atoms. The number of likely N-dealkylation sites (tertiary alicyclic amines) is 1. The summed E-state index contributed by atoms with van der Waals surface area (Å²) in [5.74, 6) is 0. The summed E-state index contributed by atoms with van der Waals surface area (Å²) >= 11 is 0. The summed E-state index contributed by atoms with van der Waals surface area (Å²) in [5.41, 5.74) is 10.4. The number of aromatic nitrogens is 2. The lowest BCUT2D eigenvalue weighted by atomic mass is 10.0. The van der Waals surface area contributed by atoms with Crippen molar-refractivity contribution in [2.24, 2.45) is 5.73 Å². The Bertz CT molecular complexity index is 1140. The maximum atomic E-state index is 11.7. The lowest BCUT2D eigenvalue weighted by Gasteiger charge is -2.37. The molecule has 1 amide bonds. The van der Waals surface area contributed by atoms with Gasteiger partial charge in [-0.05, 0) is 55.2 Å². The number of anilines is 1. The van der Waals surface area contributed by atoms with Crippen molar-refractivity contribution in [2.75, 3.05) is 18.4 Å². The molecule has 1 fully saturated rings. The SMILES string of the molecule is Cc1cccc(NC2CCN(C(Cc3cncn3Cc3ccc(C#N)cc3)OC(N)=O)CC2)c1. The van der Waals surface area contributed by atoms with Crippen LogP contribution in [0.5, 0.6) is 0 Å². The number of hydrogen-bond acceptors (Lipinski definition) is 6. The maximum Gasteiger partial charge on any atom is 0.406 e. The Kier molecular flexibility index (Phi) is 7.45. The largest absolute Gasteiger partial charge is 0.430 e. The highest BCUT2D eigenvalue weighted by atomic mass is 16.6. The van der Waals surface area contributed by atoms with Gasteiger partial charge in [0.2, 0.25) is 0 Å². The number of carbonyl (C=O) groups is 1. The van der Waals surface area contributed by atoms with Crippen LogP contribution in [0.15, 0.2) is 61.1 Å². The zero-order chi connectivity index (χ0) is 23.9. The van der Waals surface area contributed by atoms with Gasteiger partial charge in [-0.3, -0.25) is 4.90 Å². The van der Waals surface area contributed by atoms with Gasteiger partial charge in [0.05, 0.1) is 18.0 Å². The molecule has 8 heteroatoms. The molecule has 8 nitrogen and oxygen atoms in total. The smallest absolute Gasteiger partial charge is 0.406 e. The summed E-state index contributed by atoms with van der Waals surface area (Å²) < 4.78 is 7.57. The van der Waals surface area contributed by atoms with Crippen molar-refractivity contribution in [3.8, 4) is 6.07 Å². The molecule has 0 saturated carbocycles. The molecule has 1 aliphatic rings. The molecule has 1 aromatic heterocycles. The van der Waals surface area contributed by atoms with E-state index in [0.717, 1.165) is 42.9 Å². The number of nitriles is 1. The minimum Gasteiger partial charge on any atom is -0.430 e. The fraction of sp³-hybridized carbons (Fsp3) is 0.346. The predicted molar refractivity (Wildman–Crippen MR) is 130 cm³/mol. The first-order valence-corrected chi connectivity index (χ1v) is 11.5. The zero-order valence-corrected chi connectivity index (χ0v) is 19.4. The Balaban J connectivity index is 1.39. The molecule has 2 aromatic carbocycles. The topological polar surface area (TPSA) is 109 Å². The minimum atomic E-state index is -0.775. The lowest BCUT2D eigenvalue weighted by Crippen LogP contribution is -2.48. The number of nitrogens with zero attached hydrogens (tertiary/aromatic N) is 4. The monoisotopic (exact) mass is 458 g/mol. The van der Waals surface area contributed by atoms with E-state index in [2.05, 4.69) is 52.5 Å². The van der Waals surface area contributed by atoms with Gasteiger partial charge in [0.25, 0.3) is 0 Å². The summed E-state index contributed by atoms with van der Waals surface area (Å²) in [6, 6.07) is 18.4. The van der Waals surface area contributed by atoms with Crippen molar-refractivity contribution in [1.82, 2.24) is 14.5 Å². The van der Waals surface area contributed by atoms with Gasteiger partial charge in [0.1, 0.15) is 0 Å². The quantitative estimate of drug-likeness (QED) is 0.533. The number of amides is 1. The number of rotatable bonds is 8.